The highest BCUT2D eigenvalue weighted by Gasteiger charge is 2.24. The summed E-state index contributed by atoms with van der Waals surface area (Å²) in [5.41, 5.74) is 1.04. The lowest BCUT2D eigenvalue weighted by Gasteiger charge is -2.35. The molecule has 4 heteroatoms. The molecular weight excluding hydrogens is 267 g/mol. The minimum absolute atomic E-state index is 0.218. The van der Waals surface area contributed by atoms with Crippen LogP contribution in [0, 0.1) is 5.82 Å². The van der Waals surface area contributed by atoms with Crippen LogP contribution >= 0.6 is 0 Å². The summed E-state index contributed by atoms with van der Waals surface area (Å²) in [4.78, 5) is 14.3. The molecule has 1 aromatic rings. The fourth-order valence-electron chi connectivity index (χ4n) is 2.93. The molecule has 1 aromatic carbocycles. The van der Waals surface area contributed by atoms with Gasteiger partial charge in [0.05, 0.1) is 0 Å². The van der Waals surface area contributed by atoms with Crippen molar-refractivity contribution in [2.24, 2.45) is 0 Å². The summed E-state index contributed by atoms with van der Waals surface area (Å²) in [6, 6.07) is 6.89. The number of hydrogen-bond donors (Lipinski definition) is 1. The molecule has 0 radical (unpaired) electrons. The summed E-state index contributed by atoms with van der Waals surface area (Å²) in [6.07, 6.45) is 5.11. The number of piperidine rings is 1. The van der Waals surface area contributed by atoms with Gasteiger partial charge in [-0.3, -0.25) is 4.79 Å². The molecule has 0 bridgehead atoms. The first-order valence-corrected chi connectivity index (χ1v) is 7.95. The van der Waals surface area contributed by atoms with Crippen LogP contribution in [-0.4, -0.2) is 29.9 Å². The van der Waals surface area contributed by atoms with E-state index in [1.807, 2.05) is 0 Å². The third-order valence-corrected chi connectivity index (χ3v) is 4.18. The molecule has 3 nitrogen and oxygen atoms in total. The van der Waals surface area contributed by atoms with Crippen LogP contribution in [0.5, 0.6) is 0 Å². The number of hydrogen-bond acceptors (Lipinski definition) is 2. The summed E-state index contributed by atoms with van der Waals surface area (Å²) in [5.74, 6) is 0.0396. The van der Waals surface area contributed by atoms with Gasteiger partial charge in [-0.2, -0.15) is 0 Å². The van der Waals surface area contributed by atoms with Crippen molar-refractivity contribution in [1.82, 2.24) is 10.2 Å². The number of amides is 1. The van der Waals surface area contributed by atoms with Crippen molar-refractivity contribution >= 4 is 5.91 Å². The van der Waals surface area contributed by atoms with Gasteiger partial charge < -0.3 is 10.2 Å². The van der Waals surface area contributed by atoms with Crippen LogP contribution in [0.15, 0.2) is 24.3 Å². The van der Waals surface area contributed by atoms with Crippen molar-refractivity contribution in [3.8, 4) is 0 Å². The summed E-state index contributed by atoms with van der Waals surface area (Å²) in [5, 5.41) is 3.25. The lowest BCUT2D eigenvalue weighted by atomic mass is 9.99. The molecule has 21 heavy (non-hydrogen) atoms. The fourth-order valence-corrected chi connectivity index (χ4v) is 2.93. The molecule has 1 atom stereocenters. The molecule has 0 aliphatic carbocycles. The Bertz CT molecular complexity index is 447. The van der Waals surface area contributed by atoms with Gasteiger partial charge in [-0.1, -0.05) is 19.1 Å². The highest BCUT2D eigenvalue weighted by molar-refractivity contribution is 5.76. The number of likely N-dealkylation sites (tertiary alicyclic amines) is 1. The number of nitrogens with zero attached hydrogens (tertiary/aromatic N) is 1. The van der Waals surface area contributed by atoms with Crippen molar-refractivity contribution in [3.05, 3.63) is 35.6 Å². The molecule has 1 N–H and O–H groups in total. The zero-order chi connectivity index (χ0) is 15.1. The normalized spacial score (nSPS) is 18.8. The Morgan fingerprint density at radius 2 is 2.10 bits per heavy atom. The van der Waals surface area contributed by atoms with Gasteiger partial charge in [0, 0.05) is 32.1 Å². The SMILES string of the molecule is CCC1CCCCN1C(=O)CCNCc1ccc(F)cc1. The van der Waals surface area contributed by atoms with Crippen LogP contribution < -0.4 is 5.32 Å². The highest BCUT2D eigenvalue weighted by Crippen LogP contribution is 2.20. The Morgan fingerprint density at radius 3 is 2.81 bits per heavy atom. The van der Waals surface area contributed by atoms with Crippen molar-refractivity contribution in [1.29, 1.82) is 0 Å². The summed E-state index contributed by atoms with van der Waals surface area (Å²) >= 11 is 0. The van der Waals surface area contributed by atoms with E-state index in [9.17, 15) is 9.18 Å². The van der Waals surface area contributed by atoms with Crippen LogP contribution in [0.1, 0.15) is 44.6 Å². The predicted octanol–water partition coefficient (Wildman–Crippen LogP) is 3.10. The molecular formula is C17H25FN2O. The number of nitrogens with one attached hydrogen (secondary N) is 1. The molecule has 1 fully saturated rings. The first kappa shape index (κ1) is 16.0. The largest absolute Gasteiger partial charge is 0.340 e. The molecule has 0 saturated carbocycles. The second kappa shape index (κ2) is 8.13. The maximum atomic E-state index is 12.8. The number of carbonyl (C=O) groups excluding carboxylic acids is 1. The predicted molar refractivity (Wildman–Crippen MR) is 82.4 cm³/mol. The first-order chi connectivity index (χ1) is 10.2. The van der Waals surface area contributed by atoms with E-state index >= 15 is 0 Å². The van der Waals surface area contributed by atoms with Crippen molar-refractivity contribution in [3.63, 3.8) is 0 Å². The van der Waals surface area contributed by atoms with E-state index < -0.39 is 0 Å². The van der Waals surface area contributed by atoms with E-state index in [0.717, 1.165) is 31.4 Å². The second-order valence-electron chi connectivity index (χ2n) is 5.70. The Kier molecular flexibility index (Phi) is 6.18. The lowest BCUT2D eigenvalue weighted by Crippen LogP contribution is -2.44. The van der Waals surface area contributed by atoms with Gasteiger partial charge in [0.25, 0.3) is 0 Å². The summed E-state index contributed by atoms with van der Waals surface area (Å²) < 4.78 is 12.8. The average molecular weight is 292 g/mol. The van der Waals surface area contributed by atoms with Crippen molar-refractivity contribution in [2.45, 2.75) is 51.6 Å². The molecule has 1 aliphatic heterocycles. The third kappa shape index (κ3) is 4.81. The van der Waals surface area contributed by atoms with Gasteiger partial charge in [0.2, 0.25) is 5.91 Å². The number of carbonyl (C=O) groups is 1. The number of rotatable bonds is 6. The van der Waals surface area contributed by atoms with Gasteiger partial charge in [-0.15, -0.1) is 0 Å². The monoisotopic (exact) mass is 292 g/mol. The molecule has 116 valence electrons. The molecule has 1 heterocycles. The van der Waals surface area contributed by atoms with Crippen molar-refractivity contribution in [2.75, 3.05) is 13.1 Å². The smallest absolute Gasteiger partial charge is 0.224 e. The van der Waals surface area contributed by atoms with Crippen LogP contribution in [0.3, 0.4) is 0 Å². The Labute approximate surface area is 126 Å². The Hall–Kier alpha value is -1.42. The minimum Gasteiger partial charge on any atom is -0.340 e. The first-order valence-electron chi connectivity index (χ1n) is 7.95. The van der Waals surface area contributed by atoms with Crippen LogP contribution in [-0.2, 0) is 11.3 Å². The third-order valence-electron chi connectivity index (χ3n) is 4.18. The second-order valence-corrected chi connectivity index (χ2v) is 5.70. The van der Waals surface area contributed by atoms with E-state index in [0.29, 0.717) is 25.6 Å². The minimum atomic E-state index is -0.218. The zero-order valence-corrected chi connectivity index (χ0v) is 12.8. The fraction of sp³-hybridized carbons (Fsp3) is 0.588. The highest BCUT2D eigenvalue weighted by atomic mass is 19.1. The van der Waals surface area contributed by atoms with Crippen molar-refractivity contribution < 1.29 is 9.18 Å². The van der Waals surface area contributed by atoms with E-state index in [2.05, 4.69) is 17.1 Å². The molecule has 0 aromatic heterocycles. The lowest BCUT2D eigenvalue weighted by molar-refractivity contribution is -0.134. The van der Waals surface area contributed by atoms with Gasteiger partial charge in [-0.25, -0.2) is 4.39 Å². The topological polar surface area (TPSA) is 32.3 Å². The van der Waals surface area contributed by atoms with E-state index in [1.54, 1.807) is 12.1 Å². The number of halogens is 1. The Morgan fingerprint density at radius 1 is 1.33 bits per heavy atom. The van der Waals surface area contributed by atoms with Gasteiger partial charge >= 0.3 is 0 Å². The maximum absolute atomic E-state index is 12.8. The molecule has 1 amide bonds. The summed E-state index contributed by atoms with van der Waals surface area (Å²) in [7, 11) is 0. The molecule has 1 unspecified atom stereocenters. The number of benzene rings is 1. The Balaban J connectivity index is 1.70. The molecule has 2 rings (SSSR count). The zero-order valence-electron chi connectivity index (χ0n) is 12.8. The van der Waals surface area contributed by atoms with Crippen LogP contribution in [0.25, 0.3) is 0 Å². The van der Waals surface area contributed by atoms with E-state index in [1.165, 1.54) is 18.6 Å². The van der Waals surface area contributed by atoms with Gasteiger partial charge in [0.1, 0.15) is 5.82 Å². The molecule has 1 aliphatic rings. The molecule has 1 saturated heterocycles. The standard InChI is InChI=1S/C17H25FN2O/c1-2-16-5-3-4-12-20(16)17(21)10-11-19-13-14-6-8-15(18)9-7-14/h6-9,16,19H,2-5,10-13H2,1H3. The van der Waals surface area contributed by atoms with Crippen LogP contribution in [0.4, 0.5) is 4.39 Å². The average Bonchev–Trinajstić information content (AvgIpc) is 2.53. The van der Waals surface area contributed by atoms with Crippen LogP contribution in [0.2, 0.25) is 0 Å². The summed E-state index contributed by atoms with van der Waals surface area (Å²) in [6.45, 7) is 4.41. The molecule has 0 spiro atoms. The van der Waals surface area contributed by atoms with Gasteiger partial charge in [-0.05, 0) is 43.4 Å². The quantitative estimate of drug-likeness (QED) is 0.817. The maximum Gasteiger partial charge on any atom is 0.224 e. The van der Waals surface area contributed by atoms with E-state index in [4.69, 9.17) is 0 Å². The van der Waals surface area contributed by atoms with Gasteiger partial charge in [0.15, 0.2) is 0 Å². The van der Waals surface area contributed by atoms with E-state index in [-0.39, 0.29) is 11.7 Å².